The normalized spacial score (nSPS) is 10.5. The van der Waals surface area contributed by atoms with E-state index in [2.05, 4.69) is 10.4 Å². The first-order valence-corrected chi connectivity index (χ1v) is 9.87. The molecule has 0 spiro atoms. The number of hydrogen-bond acceptors (Lipinski definition) is 9. The molecule has 0 aliphatic carbocycles. The summed E-state index contributed by atoms with van der Waals surface area (Å²) in [6.45, 7) is 1.14. The Morgan fingerprint density at radius 3 is 2.70 bits per heavy atom. The minimum atomic E-state index is -0.768. The predicted octanol–water partition coefficient (Wildman–Crippen LogP) is 2.47. The molecule has 0 aliphatic heterocycles. The first kappa shape index (κ1) is 23.3. The zero-order chi connectivity index (χ0) is 24.3. The van der Waals surface area contributed by atoms with E-state index in [-0.39, 0.29) is 39.2 Å². The zero-order valence-electron chi connectivity index (χ0n) is 17.2. The van der Waals surface area contributed by atoms with Crippen LogP contribution in [0, 0.1) is 22.9 Å². The van der Waals surface area contributed by atoms with Crippen molar-refractivity contribution < 1.29 is 33.2 Å². The summed E-state index contributed by atoms with van der Waals surface area (Å²) in [5, 5.41) is 17.6. The topological polar surface area (TPSA) is 169 Å². The number of carbonyl (C=O) groups excluding carboxylic acids is 3. The molecule has 0 radical (unpaired) electrons. The molecular formula is C19H16FN5O7S. The minimum absolute atomic E-state index is 0.00849. The number of nitro groups is 1. The molecule has 0 atom stereocenters. The third-order valence-electron chi connectivity index (χ3n) is 4.33. The molecule has 3 N–H and O–H groups in total. The number of halogens is 1. The maximum atomic E-state index is 13.4. The second-order valence-corrected chi connectivity index (χ2v) is 7.47. The standard InChI is InChI=1S/C19H16FN5O7S/c1-9-14(19(28)31-2)18(33-15(9)16(21)26)22-17(27)11-5-6-24(23-11)8-32-13-7-10(20)3-4-12(13)25(29)30/h3-7H,8H2,1-2H3,(H2,21,26)(H,22,27). The SMILES string of the molecule is COC(=O)c1c(NC(=O)c2ccn(COc3cc(F)ccc3[N+](=O)[O-])n2)sc(C(N)=O)c1C. The van der Waals surface area contributed by atoms with Crippen LogP contribution < -0.4 is 15.8 Å². The maximum Gasteiger partial charge on any atom is 0.341 e. The Bertz CT molecular complexity index is 1270. The van der Waals surface area contributed by atoms with Gasteiger partial charge in [-0.25, -0.2) is 13.9 Å². The number of methoxy groups -OCH3 is 1. The number of aromatic nitrogens is 2. The lowest BCUT2D eigenvalue weighted by Crippen LogP contribution is -2.16. The summed E-state index contributed by atoms with van der Waals surface area (Å²) < 4.78 is 24.5. The highest BCUT2D eigenvalue weighted by atomic mass is 32.1. The fraction of sp³-hybridized carbons (Fsp3) is 0.158. The Labute approximate surface area is 188 Å². The molecule has 0 saturated heterocycles. The number of hydrogen-bond donors (Lipinski definition) is 2. The van der Waals surface area contributed by atoms with Crippen LogP contribution in [0.15, 0.2) is 30.5 Å². The van der Waals surface area contributed by atoms with Crippen LogP contribution in [0.3, 0.4) is 0 Å². The van der Waals surface area contributed by atoms with E-state index in [1.807, 2.05) is 0 Å². The lowest BCUT2D eigenvalue weighted by molar-refractivity contribution is -0.386. The predicted molar refractivity (Wildman–Crippen MR) is 113 cm³/mol. The Morgan fingerprint density at radius 1 is 1.33 bits per heavy atom. The van der Waals surface area contributed by atoms with E-state index in [0.717, 1.165) is 41.3 Å². The molecular weight excluding hydrogens is 461 g/mol. The molecule has 3 rings (SSSR count). The van der Waals surface area contributed by atoms with Crippen molar-refractivity contribution in [3.8, 4) is 5.75 Å². The molecule has 0 saturated carbocycles. The second kappa shape index (κ2) is 9.44. The van der Waals surface area contributed by atoms with Crippen LogP contribution in [0.1, 0.15) is 36.1 Å². The third kappa shape index (κ3) is 4.95. The highest BCUT2D eigenvalue weighted by Crippen LogP contribution is 2.33. The highest BCUT2D eigenvalue weighted by molar-refractivity contribution is 7.18. The number of esters is 1. The lowest BCUT2D eigenvalue weighted by Gasteiger charge is -2.07. The number of ether oxygens (including phenoxy) is 2. The van der Waals surface area contributed by atoms with Crippen LogP contribution in [0.2, 0.25) is 0 Å². The molecule has 0 unspecified atom stereocenters. The number of benzene rings is 1. The molecule has 12 nitrogen and oxygen atoms in total. The molecule has 2 heterocycles. The van der Waals surface area contributed by atoms with Gasteiger partial charge in [0.1, 0.15) is 10.8 Å². The largest absolute Gasteiger partial charge is 0.465 e. The summed E-state index contributed by atoms with van der Waals surface area (Å²) in [7, 11) is 1.15. The van der Waals surface area contributed by atoms with E-state index < -0.39 is 34.2 Å². The number of anilines is 1. The van der Waals surface area contributed by atoms with Crippen LogP contribution in [0.4, 0.5) is 15.1 Å². The lowest BCUT2D eigenvalue weighted by atomic mass is 10.1. The fourth-order valence-electron chi connectivity index (χ4n) is 2.80. The van der Waals surface area contributed by atoms with Crippen LogP contribution in [-0.4, -0.2) is 39.6 Å². The molecule has 0 bridgehead atoms. The third-order valence-corrected chi connectivity index (χ3v) is 5.55. The Balaban J connectivity index is 1.77. The van der Waals surface area contributed by atoms with Gasteiger partial charge in [0, 0.05) is 18.3 Å². The van der Waals surface area contributed by atoms with Gasteiger partial charge in [-0.3, -0.25) is 19.7 Å². The van der Waals surface area contributed by atoms with Crippen molar-refractivity contribution in [1.82, 2.24) is 9.78 Å². The van der Waals surface area contributed by atoms with Crippen molar-refractivity contribution in [3.63, 3.8) is 0 Å². The number of amides is 2. The van der Waals surface area contributed by atoms with Crippen molar-refractivity contribution in [2.75, 3.05) is 12.4 Å². The average molecular weight is 477 g/mol. The summed E-state index contributed by atoms with van der Waals surface area (Å²) in [6, 6.07) is 4.08. The maximum absolute atomic E-state index is 13.4. The van der Waals surface area contributed by atoms with Crippen LogP contribution in [-0.2, 0) is 11.5 Å². The Hall–Kier alpha value is -4.33. The van der Waals surface area contributed by atoms with E-state index in [4.69, 9.17) is 15.2 Å². The van der Waals surface area contributed by atoms with E-state index >= 15 is 0 Å². The van der Waals surface area contributed by atoms with Crippen LogP contribution in [0.25, 0.3) is 0 Å². The number of primary amides is 1. The average Bonchev–Trinajstić information content (AvgIpc) is 3.36. The monoisotopic (exact) mass is 477 g/mol. The van der Waals surface area contributed by atoms with Gasteiger partial charge in [0.2, 0.25) is 5.75 Å². The summed E-state index contributed by atoms with van der Waals surface area (Å²) in [6.07, 6.45) is 1.36. The van der Waals surface area contributed by atoms with E-state index in [1.54, 1.807) is 0 Å². The number of rotatable bonds is 8. The zero-order valence-corrected chi connectivity index (χ0v) is 18.0. The number of nitro benzene ring substituents is 1. The van der Waals surface area contributed by atoms with Gasteiger partial charge >= 0.3 is 11.7 Å². The number of nitrogens with two attached hydrogens (primary N) is 1. The Morgan fingerprint density at radius 2 is 2.06 bits per heavy atom. The Kier molecular flexibility index (Phi) is 6.67. The smallest absolute Gasteiger partial charge is 0.341 e. The minimum Gasteiger partial charge on any atom is -0.465 e. The van der Waals surface area contributed by atoms with Crippen LogP contribution >= 0.6 is 11.3 Å². The van der Waals surface area contributed by atoms with Gasteiger partial charge in [-0.1, -0.05) is 0 Å². The second-order valence-electron chi connectivity index (χ2n) is 6.45. The highest BCUT2D eigenvalue weighted by Gasteiger charge is 2.26. The van der Waals surface area contributed by atoms with Crippen LogP contribution in [0.5, 0.6) is 5.75 Å². The molecule has 0 fully saturated rings. The van der Waals surface area contributed by atoms with Crippen molar-refractivity contribution in [1.29, 1.82) is 0 Å². The molecule has 33 heavy (non-hydrogen) atoms. The first-order chi connectivity index (χ1) is 15.6. The van der Waals surface area contributed by atoms with Gasteiger partial charge in [-0.2, -0.15) is 5.10 Å². The summed E-state index contributed by atoms with van der Waals surface area (Å²) in [5.74, 6) is -3.28. The molecule has 14 heteroatoms. The quantitative estimate of drug-likeness (QED) is 0.283. The summed E-state index contributed by atoms with van der Waals surface area (Å²) in [4.78, 5) is 46.7. The molecule has 1 aromatic carbocycles. The van der Waals surface area contributed by atoms with Crippen molar-refractivity contribution in [2.24, 2.45) is 5.73 Å². The van der Waals surface area contributed by atoms with Gasteiger partial charge in [-0.15, -0.1) is 11.3 Å². The molecule has 172 valence electrons. The summed E-state index contributed by atoms with van der Waals surface area (Å²) in [5.41, 5.74) is 5.05. The number of thiophene rings is 1. The van der Waals surface area contributed by atoms with Gasteiger partial charge < -0.3 is 20.5 Å². The van der Waals surface area contributed by atoms with Gasteiger partial charge in [-0.05, 0) is 24.6 Å². The van der Waals surface area contributed by atoms with Crippen molar-refractivity contribution in [3.05, 3.63) is 68.1 Å². The number of carbonyl (C=O) groups is 3. The number of nitrogens with one attached hydrogen (secondary N) is 1. The molecule has 0 aliphatic rings. The van der Waals surface area contributed by atoms with Gasteiger partial charge in [0.25, 0.3) is 11.8 Å². The van der Waals surface area contributed by atoms with Crippen molar-refractivity contribution in [2.45, 2.75) is 13.7 Å². The van der Waals surface area contributed by atoms with E-state index in [0.29, 0.717) is 0 Å². The first-order valence-electron chi connectivity index (χ1n) is 9.05. The van der Waals surface area contributed by atoms with Gasteiger partial charge in [0.15, 0.2) is 12.4 Å². The molecule has 2 amide bonds. The molecule has 3 aromatic rings. The molecule has 2 aromatic heterocycles. The van der Waals surface area contributed by atoms with E-state index in [1.165, 1.54) is 19.2 Å². The number of nitrogens with zero attached hydrogens (tertiary/aromatic N) is 3. The fourth-order valence-corrected chi connectivity index (χ4v) is 3.84. The van der Waals surface area contributed by atoms with Crippen molar-refractivity contribution >= 4 is 39.8 Å². The summed E-state index contributed by atoms with van der Waals surface area (Å²) >= 11 is 0.815. The van der Waals surface area contributed by atoms with E-state index in [9.17, 15) is 28.9 Å². The van der Waals surface area contributed by atoms with Gasteiger partial charge in [0.05, 0.1) is 22.5 Å².